The number of benzene rings is 2. The van der Waals surface area contributed by atoms with Crippen LogP contribution < -0.4 is 10.6 Å². The van der Waals surface area contributed by atoms with Crippen molar-refractivity contribution in [1.82, 2.24) is 5.32 Å². The molecule has 2 aromatic carbocycles. The van der Waals surface area contributed by atoms with Crippen molar-refractivity contribution in [2.45, 2.75) is 13.0 Å². The quantitative estimate of drug-likeness (QED) is 0.744. The lowest BCUT2D eigenvalue weighted by Crippen LogP contribution is -2.30. The van der Waals surface area contributed by atoms with E-state index in [1.54, 1.807) is 36.4 Å². The smallest absolute Gasteiger partial charge is 0.337 e. The molecule has 0 fully saturated rings. The molecule has 7 nitrogen and oxygen atoms in total. The summed E-state index contributed by atoms with van der Waals surface area (Å²) in [5.41, 5.74) is 1.85. The van der Waals surface area contributed by atoms with Gasteiger partial charge in [0, 0.05) is 12.2 Å². The summed E-state index contributed by atoms with van der Waals surface area (Å²) in [5.74, 6) is -0.851. The molecule has 2 amide bonds. The summed E-state index contributed by atoms with van der Waals surface area (Å²) in [7, 11) is 1.31. The fourth-order valence-electron chi connectivity index (χ4n) is 2.07. The molecule has 7 heteroatoms. The van der Waals surface area contributed by atoms with Crippen LogP contribution in [0, 0.1) is 0 Å². The molecule has 2 N–H and O–H groups in total. The number of esters is 2. The highest BCUT2D eigenvalue weighted by Crippen LogP contribution is 2.07. The fraction of sp³-hybridized carbons (Fsp3) is 0.211. The number of rotatable bonds is 7. The maximum atomic E-state index is 11.7. The standard InChI is InChI=1S/C19H20N2O5/c1-25-18(23)15-9-7-14(8-10-15)13-26-17(22)11-12-20-19(24)21-16-5-3-2-4-6-16/h2-10H,11-13H2,1H3,(H2,20,21,24). The van der Waals surface area contributed by atoms with Gasteiger partial charge in [0.1, 0.15) is 6.61 Å². The second-order valence-corrected chi connectivity index (χ2v) is 5.35. The summed E-state index contributed by atoms with van der Waals surface area (Å²) in [4.78, 5) is 34.7. The zero-order valence-corrected chi connectivity index (χ0v) is 14.4. The highest BCUT2D eigenvalue weighted by molar-refractivity contribution is 5.89. The number of para-hydroxylation sites is 1. The van der Waals surface area contributed by atoms with Crippen molar-refractivity contribution in [2.24, 2.45) is 0 Å². The molecular formula is C19H20N2O5. The number of ether oxygens (including phenoxy) is 2. The SMILES string of the molecule is COC(=O)c1ccc(COC(=O)CCNC(=O)Nc2ccccc2)cc1. The first-order chi connectivity index (χ1) is 12.6. The monoisotopic (exact) mass is 356 g/mol. The number of nitrogens with one attached hydrogen (secondary N) is 2. The molecule has 0 saturated carbocycles. The summed E-state index contributed by atoms with van der Waals surface area (Å²) < 4.78 is 9.74. The maximum absolute atomic E-state index is 11.7. The lowest BCUT2D eigenvalue weighted by molar-refractivity contribution is -0.144. The van der Waals surface area contributed by atoms with E-state index in [-0.39, 0.29) is 25.6 Å². The summed E-state index contributed by atoms with van der Waals surface area (Å²) in [6.07, 6.45) is 0.0580. The van der Waals surface area contributed by atoms with Crippen molar-refractivity contribution in [3.05, 3.63) is 65.7 Å². The fourth-order valence-corrected chi connectivity index (χ4v) is 2.07. The third-order valence-corrected chi connectivity index (χ3v) is 3.42. The van der Waals surface area contributed by atoms with Gasteiger partial charge >= 0.3 is 18.0 Å². The van der Waals surface area contributed by atoms with Gasteiger partial charge in [-0.2, -0.15) is 0 Å². The molecule has 0 aliphatic heterocycles. The van der Waals surface area contributed by atoms with Crippen molar-refractivity contribution in [1.29, 1.82) is 0 Å². The third kappa shape index (κ3) is 6.27. The van der Waals surface area contributed by atoms with Gasteiger partial charge in [-0.25, -0.2) is 9.59 Å². The molecule has 136 valence electrons. The van der Waals surface area contributed by atoms with Gasteiger partial charge in [-0.05, 0) is 29.8 Å². The summed E-state index contributed by atoms with van der Waals surface area (Å²) in [6, 6.07) is 15.2. The Bertz CT molecular complexity index is 744. The number of hydrogen-bond acceptors (Lipinski definition) is 5. The van der Waals surface area contributed by atoms with Crippen LogP contribution in [0.25, 0.3) is 0 Å². The van der Waals surface area contributed by atoms with Crippen LogP contribution in [0.4, 0.5) is 10.5 Å². The van der Waals surface area contributed by atoms with Gasteiger partial charge in [0.25, 0.3) is 0 Å². The lowest BCUT2D eigenvalue weighted by atomic mass is 10.1. The molecule has 0 radical (unpaired) electrons. The average molecular weight is 356 g/mol. The zero-order chi connectivity index (χ0) is 18.8. The summed E-state index contributed by atoms with van der Waals surface area (Å²) in [5, 5.41) is 5.24. The number of carbonyl (C=O) groups is 3. The van der Waals surface area contributed by atoms with E-state index in [2.05, 4.69) is 15.4 Å². The molecule has 2 aromatic rings. The minimum atomic E-state index is -0.429. The average Bonchev–Trinajstić information content (AvgIpc) is 2.67. The molecule has 0 atom stereocenters. The van der Waals surface area contributed by atoms with E-state index < -0.39 is 11.9 Å². The molecule has 26 heavy (non-hydrogen) atoms. The lowest BCUT2D eigenvalue weighted by Gasteiger charge is -2.08. The minimum absolute atomic E-state index is 0.0580. The zero-order valence-electron chi connectivity index (χ0n) is 14.4. The van der Waals surface area contributed by atoms with E-state index in [0.29, 0.717) is 11.3 Å². The second-order valence-electron chi connectivity index (χ2n) is 5.35. The van der Waals surface area contributed by atoms with Crippen LogP contribution in [0.15, 0.2) is 54.6 Å². The Kier molecular flexibility index (Phi) is 7.17. The van der Waals surface area contributed by atoms with Crippen LogP contribution in [0.1, 0.15) is 22.3 Å². The maximum Gasteiger partial charge on any atom is 0.337 e. The van der Waals surface area contributed by atoms with E-state index in [0.717, 1.165) is 5.56 Å². The number of carbonyl (C=O) groups excluding carboxylic acids is 3. The first-order valence-corrected chi connectivity index (χ1v) is 8.01. The van der Waals surface area contributed by atoms with Gasteiger partial charge in [0.05, 0.1) is 19.1 Å². The summed E-state index contributed by atoms with van der Waals surface area (Å²) >= 11 is 0. The Morgan fingerprint density at radius 2 is 1.65 bits per heavy atom. The van der Waals surface area contributed by atoms with E-state index in [1.165, 1.54) is 7.11 Å². The Hall–Kier alpha value is -3.35. The highest BCUT2D eigenvalue weighted by atomic mass is 16.5. The molecular weight excluding hydrogens is 336 g/mol. The van der Waals surface area contributed by atoms with Crippen molar-refractivity contribution >= 4 is 23.7 Å². The van der Waals surface area contributed by atoms with E-state index in [9.17, 15) is 14.4 Å². The van der Waals surface area contributed by atoms with E-state index in [4.69, 9.17) is 4.74 Å². The van der Waals surface area contributed by atoms with Crippen molar-refractivity contribution < 1.29 is 23.9 Å². The van der Waals surface area contributed by atoms with Gasteiger partial charge in [0.15, 0.2) is 0 Å². The number of anilines is 1. The first-order valence-electron chi connectivity index (χ1n) is 8.01. The third-order valence-electron chi connectivity index (χ3n) is 3.42. The Morgan fingerprint density at radius 1 is 0.962 bits per heavy atom. The van der Waals surface area contributed by atoms with Crippen LogP contribution in [-0.2, 0) is 20.9 Å². The number of urea groups is 1. The highest BCUT2D eigenvalue weighted by Gasteiger charge is 2.07. The molecule has 0 saturated heterocycles. The molecule has 2 rings (SSSR count). The second kappa shape index (κ2) is 9.83. The van der Waals surface area contributed by atoms with Crippen molar-refractivity contribution in [3.63, 3.8) is 0 Å². The number of methoxy groups -OCH3 is 1. The Balaban J connectivity index is 1.66. The Morgan fingerprint density at radius 3 is 2.31 bits per heavy atom. The molecule has 0 unspecified atom stereocenters. The van der Waals surface area contributed by atoms with Crippen LogP contribution in [-0.4, -0.2) is 31.6 Å². The first kappa shape index (κ1) is 19.0. The topological polar surface area (TPSA) is 93.7 Å². The largest absolute Gasteiger partial charge is 0.465 e. The molecule has 0 aliphatic carbocycles. The molecule has 0 spiro atoms. The Labute approximate surface area is 151 Å². The van der Waals surface area contributed by atoms with Crippen LogP contribution >= 0.6 is 0 Å². The van der Waals surface area contributed by atoms with Crippen molar-refractivity contribution in [2.75, 3.05) is 19.0 Å². The number of amides is 2. The van der Waals surface area contributed by atoms with Gasteiger partial charge < -0.3 is 20.1 Å². The normalized spacial score (nSPS) is 9.88. The van der Waals surface area contributed by atoms with Gasteiger partial charge in [-0.1, -0.05) is 30.3 Å². The molecule has 0 aromatic heterocycles. The number of hydrogen-bond donors (Lipinski definition) is 2. The molecule has 0 heterocycles. The van der Waals surface area contributed by atoms with Gasteiger partial charge in [-0.15, -0.1) is 0 Å². The van der Waals surface area contributed by atoms with Gasteiger partial charge in [-0.3, -0.25) is 4.79 Å². The van der Waals surface area contributed by atoms with Crippen LogP contribution in [0.5, 0.6) is 0 Å². The van der Waals surface area contributed by atoms with E-state index in [1.807, 2.05) is 18.2 Å². The molecule has 0 bridgehead atoms. The van der Waals surface area contributed by atoms with Gasteiger partial charge in [0.2, 0.25) is 0 Å². The predicted octanol–water partition coefficient (Wildman–Crippen LogP) is 2.73. The summed E-state index contributed by atoms with van der Waals surface area (Å²) in [6.45, 7) is 0.259. The van der Waals surface area contributed by atoms with E-state index >= 15 is 0 Å². The molecule has 0 aliphatic rings. The van der Waals surface area contributed by atoms with Crippen molar-refractivity contribution in [3.8, 4) is 0 Å². The minimum Gasteiger partial charge on any atom is -0.465 e. The van der Waals surface area contributed by atoms with Crippen LogP contribution in [0.3, 0.4) is 0 Å². The van der Waals surface area contributed by atoms with Crippen LogP contribution in [0.2, 0.25) is 0 Å². The predicted molar refractivity (Wildman–Crippen MR) is 95.7 cm³/mol.